The highest BCUT2D eigenvalue weighted by molar-refractivity contribution is 5.92. The van der Waals surface area contributed by atoms with Crippen LogP contribution >= 0.6 is 0 Å². The average molecular weight is 294 g/mol. The Morgan fingerprint density at radius 1 is 1.19 bits per heavy atom. The summed E-state index contributed by atoms with van der Waals surface area (Å²) in [6, 6.07) is 4.16. The number of nitrogens with zero attached hydrogens (tertiary/aromatic N) is 4. The third kappa shape index (κ3) is 3.98. The zero-order valence-electron chi connectivity index (χ0n) is 12.3. The van der Waals surface area contributed by atoms with E-state index < -0.39 is 5.95 Å². The first-order valence-electron chi connectivity index (χ1n) is 6.81. The Kier molecular flexibility index (Phi) is 4.85. The molecule has 1 saturated heterocycles. The number of aromatic nitrogens is 1. The molecule has 1 aliphatic heterocycles. The molecule has 1 aromatic rings. The van der Waals surface area contributed by atoms with E-state index in [4.69, 9.17) is 0 Å². The van der Waals surface area contributed by atoms with Gasteiger partial charge in [0.05, 0.1) is 6.54 Å². The van der Waals surface area contributed by atoms with Gasteiger partial charge in [-0.05, 0) is 26.2 Å². The number of carbonyl (C=O) groups is 2. The van der Waals surface area contributed by atoms with Gasteiger partial charge in [0.25, 0.3) is 5.91 Å². The van der Waals surface area contributed by atoms with E-state index in [9.17, 15) is 14.0 Å². The second kappa shape index (κ2) is 6.62. The quantitative estimate of drug-likeness (QED) is 0.740. The fraction of sp³-hybridized carbons (Fsp3) is 0.500. The van der Waals surface area contributed by atoms with Crippen LogP contribution < -0.4 is 0 Å². The van der Waals surface area contributed by atoms with Gasteiger partial charge in [0.1, 0.15) is 5.69 Å². The van der Waals surface area contributed by atoms with Crippen molar-refractivity contribution in [3.8, 4) is 0 Å². The lowest BCUT2D eigenvalue weighted by atomic mass is 10.2. The van der Waals surface area contributed by atoms with Crippen LogP contribution in [0.3, 0.4) is 0 Å². The summed E-state index contributed by atoms with van der Waals surface area (Å²) in [5.74, 6) is -0.911. The van der Waals surface area contributed by atoms with Gasteiger partial charge in [-0.3, -0.25) is 9.59 Å². The van der Waals surface area contributed by atoms with Gasteiger partial charge in [0.15, 0.2) is 0 Å². The summed E-state index contributed by atoms with van der Waals surface area (Å²) in [5, 5.41) is 0. The molecule has 0 radical (unpaired) electrons. The van der Waals surface area contributed by atoms with Gasteiger partial charge >= 0.3 is 0 Å². The fourth-order valence-corrected chi connectivity index (χ4v) is 2.22. The summed E-state index contributed by atoms with van der Waals surface area (Å²) >= 11 is 0. The smallest absolute Gasteiger partial charge is 0.272 e. The van der Waals surface area contributed by atoms with Crippen molar-refractivity contribution in [3.05, 3.63) is 29.8 Å². The maximum atomic E-state index is 13.0. The molecule has 7 heteroatoms. The maximum absolute atomic E-state index is 13.0. The standard InChI is InChI=1S/C14H19FN4O2/c1-17(2)10-13(20)18-6-8-19(9-7-18)14(21)11-4-3-5-12(15)16-11/h3-5H,6-10H2,1-2H3. The van der Waals surface area contributed by atoms with Crippen molar-refractivity contribution in [3.63, 3.8) is 0 Å². The Hall–Kier alpha value is -2.02. The van der Waals surface area contributed by atoms with Crippen LogP contribution in [0.4, 0.5) is 4.39 Å². The third-order valence-corrected chi connectivity index (χ3v) is 3.31. The van der Waals surface area contributed by atoms with Crippen LogP contribution in [0.25, 0.3) is 0 Å². The van der Waals surface area contributed by atoms with E-state index in [2.05, 4.69) is 4.98 Å². The number of carbonyl (C=O) groups excluding carboxylic acids is 2. The highest BCUT2D eigenvalue weighted by Gasteiger charge is 2.25. The Bertz CT molecular complexity index is 527. The van der Waals surface area contributed by atoms with Crippen LogP contribution in [0.5, 0.6) is 0 Å². The van der Waals surface area contributed by atoms with Crippen LogP contribution in [-0.2, 0) is 4.79 Å². The zero-order valence-corrected chi connectivity index (χ0v) is 12.3. The summed E-state index contributed by atoms with van der Waals surface area (Å²) in [7, 11) is 3.68. The number of rotatable bonds is 3. The first kappa shape index (κ1) is 15.4. The molecule has 0 aliphatic carbocycles. The number of hydrogen-bond acceptors (Lipinski definition) is 4. The van der Waals surface area contributed by atoms with E-state index in [1.165, 1.54) is 18.2 Å². The number of likely N-dealkylation sites (N-methyl/N-ethyl adjacent to an activating group) is 1. The minimum absolute atomic E-state index is 0.0518. The van der Waals surface area contributed by atoms with E-state index in [0.29, 0.717) is 32.7 Å². The van der Waals surface area contributed by atoms with E-state index in [1.807, 2.05) is 19.0 Å². The van der Waals surface area contributed by atoms with Crippen molar-refractivity contribution in [2.24, 2.45) is 0 Å². The van der Waals surface area contributed by atoms with Crippen LogP contribution in [0.2, 0.25) is 0 Å². The Morgan fingerprint density at radius 3 is 2.38 bits per heavy atom. The topological polar surface area (TPSA) is 56.8 Å². The second-order valence-corrected chi connectivity index (χ2v) is 5.26. The van der Waals surface area contributed by atoms with E-state index in [-0.39, 0.29) is 17.5 Å². The molecule has 0 aromatic carbocycles. The van der Waals surface area contributed by atoms with Gasteiger partial charge in [-0.15, -0.1) is 0 Å². The molecule has 0 unspecified atom stereocenters. The molecule has 2 rings (SSSR count). The molecule has 6 nitrogen and oxygen atoms in total. The van der Waals surface area contributed by atoms with Gasteiger partial charge in [-0.2, -0.15) is 4.39 Å². The summed E-state index contributed by atoms with van der Waals surface area (Å²) in [6.07, 6.45) is 0. The van der Waals surface area contributed by atoms with E-state index in [1.54, 1.807) is 9.80 Å². The number of hydrogen-bond donors (Lipinski definition) is 0. The van der Waals surface area contributed by atoms with Crippen LogP contribution in [0.15, 0.2) is 18.2 Å². The molecule has 1 aromatic heterocycles. The Balaban J connectivity index is 1.92. The second-order valence-electron chi connectivity index (χ2n) is 5.26. The lowest BCUT2D eigenvalue weighted by Crippen LogP contribution is -2.52. The molecule has 1 aliphatic rings. The predicted octanol–water partition coefficient (Wildman–Crippen LogP) is 0.0667. The molecule has 0 bridgehead atoms. The Labute approximate surface area is 123 Å². The molecule has 2 amide bonds. The van der Waals surface area contributed by atoms with Gasteiger partial charge in [0.2, 0.25) is 11.9 Å². The SMILES string of the molecule is CN(C)CC(=O)N1CCN(C(=O)c2cccc(F)n2)CC1. The minimum atomic E-state index is -0.666. The van der Waals surface area contributed by atoms with Crippen LogP contribution in [0.1, 0.15) is 10.5 Å². The van der Waals surface area contributed by atoms with E-state index >= 15 is 0 Å². The molecule has 1 fully saturated rings. The summed E-state index contributed by atoms with van der Waals surface area (Å²) in [6.45, 7) is 2.23. The van der Waals surface area contributed by atoms with Crippen molar-refractivity contribution in [1.29, 1.82) is 0 Å². The molecular weight excluding hydrogens is 275 g/mol. The molecular formula is C14H19FN4O2. The van der Waals surface area contributed by atoms with E-state index in [0.717, 1.165) is 0 Å². The average Bonchev–Trinajstić information content (AvgIpc) is 2.46. The predicted molar refractivity (Wildman–Crippen MR) is 75.2 cm³/mol. The van der Waals surface area contributed by atoms with Crippen molar-refractivity contribution >= 4 is 11.8 Å². The molecule has 0 N–H and O–H groups in total. The third-order valence-electron chi connectivity index (χ3n) is 3.31. The van der Waals surface area contributed by atoms with Crippen LogP contribution in [0, 0.1) is 5.95 Å². The summed E-state index contributed by atoms with van der Waals surface area (Å²) in [4.78, 5) is 32.9. The first-order valence-corrected chi connectivity index (χ1v) is 6.81. The van der Waals surface area contributed by atoms with Crippen LogP contribution in [-0.4, -0.2) is 78.3 Å². The van der Waals surface area contributed by atoms with Crippen molar-refractivity contribution < 1.29 is 14.0 Å². The number of pyridine rings is 1. The lowest BCUT2D eigenvalue weighted by Gasteiger charge is -2.35. The molecule has 2 heterocycles. The number of amides is 2. The minimum Gasteiger partial charge on any atom is -0.338 e. The molecule has 0 spiro atoms. The van der Waals surface area contributed by atoms with Crippen molar-refractivity contribution in [2.75, 3.05) is 46.8 Å². The summed E-state index contributed by atoms with van der Waals surface area (Å²) < 4.78 is 13.0. The first-order chi connectivity index (χ1) is 9.97. The molecule has 21 heavy (non-hydrogen) atoms. The van der Waals surface area contributed by atoms with Crippen molar-refractivity contribution in [1.82, 2.24) is 19.7 Å². The number of halogens is 1. The van der Waals surface area contributed by atoms with Gasteiger partial charge < -0.3 is 14.7 Å². The van der Waals surface area contributed by atoms with Crippen molar-refractivity contribution in [2.45, 2.75) is 0 Å². The fourth-order valence-electron chi connectivity index (χ4n) is 2.22. The molecule has 114 valence electrons. The highest BCUT2D eigenvalue weighted by Crippen LogP contribution is 2.08. The Morgan fingerprint density at radius 2 is 1.81 bits per heavy atom. The monoisotopic (exact) mass is 294 g/mol. The normalized spacial score (nSPS) is 15.4. The lowest BCUT2D eigenvalue weighted by molar-refractivity contribution is -0.133. The molecule has 0 atom stereocenters. The molecule has 0 saturated carbocycles. The largest absolute Gasteiger partial charge is 0.338 e. The van der Waals surface area contributed by atoms with Gasteiger partial charge in [-0.1, -0.05) is 6.07 Å². The van der Waals surface area contributed by atoms with Gasteiger partial charge in [-0.25, -0.2) is 4.98 Å². The van der Waals surface area contributed by atoms with Gasteiger partial charge in [0, 0.05) is 26.2 Å². The maximum Gasteiger partial charge on any atom is 0.272 e. The highest BCUT2D eigenvalue weighted by atomic mass is 19.1. The zero-order chi connectivity index (χ0) is 15.4. The summed E-state index contributed by atoms with van der Waals surface area (Å²) in [5.41, 5.74) is 0.100. The number of piperazine rings is 1.